The number of amidine groups is 1. The first-order valence-corrected chi connectivity index (χ1v) is 4.24. The Balaban J connectivity index is 4.18. The van der Waals surface area contributed by atoms with E-state index in [2.05, 4.69) is 15.3 Å². The van der Waals surface area contributed by atoms with Crippen LogP contribution in [-0.4, -0.2) is 18.9 Å². The molecule has 0 fully saturated rings. The van der Waals surface area contributed by atoms with Crippen LogP contribution in [0.2, 0.25) is 0 Å². The maximum absolute atomic E-state index is 11.0. The van der Waals surface area contributed by atoms with Gasteiger partial charge in [-0.05, 0) is 5.92 Å². The Morgan fingerprint density at radius 3 is 2.79 bits per heavy atom. The average Bonchev–Trinajstić information content (AvgIpc) is 2.03. The smallest absolute Gasteiger partial charge is 0.244 e. The highest BCUT2D eigenvalue weighted by molar-refractivity contribution is 6.02. The summed E-state index contributed by atoms with van der Waals surface area (Å²) in [6.45, 7) is 3.98. The Bertz CT molecular complexity index is 253. The number of nitrogens with zero attached hydrogens (tertiary/aromatic N) is 2. The summed E-state index contributed by atoms with van der Waals surface area (Å²) >= 11 is 0. The number of rotatable bonds is 4. The van der Waals surface area contributed by atoms with E-state index in [0.29, 0.717) is 18.2 Å². The van der Waals surface area contributed by atoms with Crippen molar-refractivity contribution in [2.45, 2.75) is 20.3 Å². The fourth-order valence-electron chi connectivity index (χ4n) is 0.845. The zero-order chi connectivity index (χ0) is 11.0. The van der Waals surface area contributed by atoms with E-state index in [1.165, 1.54) is 7.11 Å². The van der Waals surface area contributed by atoms with E-state index < -0.39 is 5.91 Å². The molecule has 0 aliphatic rings. The third kappa shape index (κ3) is 6.00. The van der Waals surface area contributed by atoms with Gasteiger partial charge in [0.05, 0.1) is 6.07 Å². The first kappa shape index (κ1) is 12.4. The van der Waals surface area contributed by atoms with Gasteiger partial charge >= 0.3 is 0 Å². The van der Waals surface area contributed by atoms with Crippen LogP contribution in [0, 0.1) is 23.7 Å². The summed E-state index contributed by atoms with van der Waals surface area (Å²) in [4.78, 5) is 15.5. The lowest BCUT2D eigenvalue weighted by Gasteiger charge is -2.08. The molecule has 0 aromatic rings. The minimum Gasteiger partial charge on any atom is -0.398 e. The van der Waals surface area contributed by atoms with E-state index in [0.717, 1.165) is 6.42 Å². The monoisotopic (exact) mass is 196 g/mol. The van der Waals surface area contributed by atoms with Crippen LogP contribution in [0.25, 0.3) is 0 Å². The van der Waals surface area contributed by atoms with Crippen molar-refractivity contribution in [1.82, 2.24) is 5.32 Å². The lowest BCUT2D eigenvalue weighted by Crippen LogP contribution is -2.31. The SMILES string of the molecule is CON=C(CC(C)C)NC(=O)[CH]C#N. The van der Waals surface area contributed by atoms with Crippen molar-refractivity contribution < 1.29 is 9.63 Å². The molecule has 0 saturated carbocycles. The zero-order valence-corrected chi connectivity index (χ0v) is 8.57. The van der Waals surface area contributed by atoms with Gasteiger partial charge in [-0.25, -0.2) is 0 Å². The quantitative estimate of drug-likeness (QED) is 0.411. The van der Waals surface area contributed by atoms with Gasteiger partial charge in [0, 0.05) is 6.42 Å². The van der Waals surface area contributed by atoms with Crippen molar-refractivity contribution in [3.63, 3.8) is 0 Å². The van der Waals surface area contributed by atoms with E-state index in [4.69, 9.17) is 5.26 Å². The zero-order valence-electron chi connectivity index (χ0n) is 8.57. The summed E-state index contributed by atoms with van der Waals surface area (Å²) in [5.41, 5.74) is 0. The van der Waals surface area contributed by atoms with E-state index in [-0.39, 0.29) is 0 Å². The Kier molecular flexibility index (Phi) is 6.12. The summed E-state index contributed by atoms with van der Waals surface area (Å²) in [6.07, 6.45) is 1.48. The van der Waals surface area contributed by atoms with Gasteiger partial charge in [-0.3, -0.25) is 4.79 Å². The van der Waals surface area contributed by atoms with Gasteiger partial charge in [0.1, 0.15) is 19.4 Å². The van der Waals surface area contributed by atoms with Crippen LogP contribution in [0.15, 0.2) is 5.16 Å². The van der Waals surface area contributed by atoms with E-state index in [9.17, 15) is 4.79 Å². The molecular formula is C9H14N3O2. The summed E-state index contributed by atoms with van der Waals surface area (Å²) in [7, 11) is 1.40. The molecule has 1 N–H and O–H groups in total. The molecule has 0 spiro atoms. The fraction of sp³-hybridized carbons (Fsp3) is 0.556. The van der Waals surface area contributed by atoms with Crippen molar-refractivity contribution in [3.8, 4) is 6.07 Å². The van der Waals surface area contributed by atoms with Crippen molar-refractivity contribution in [1.29, 1.82) is 5.26 Å². The topological polar surface area (TPSA) is 74.5 Å². The molecule has 0 aromatic heterocycles. The van der Waals surface area contributed by atoms with E-state index >= 15 is 0 Å². The molecule has 0 aromatic carbocycles. The van der Waals surface area contributed by atoms with Crippen molar-refractivity contribution in [3.05, 3.63) is 6.42 Å². The molecule has 0 heterocycles. The number of hydrogen-bond donors (Lipinski definition) is 1. The van der Waals surface area contributed by atoms with Crippen molar-refractivity contribution >= 4 is 11.7 Å². The summed E-state index contributed by atoms with van der Waals surface area (Å²) in [5.74, 6) is 0.300. The molecule has 77 valence electrons. The number of amides is 1. The van der Waals surface area contributed by atoms with Crippen molar-refractivity contribution in [2.75, 3.05) is 7.11 Å². The third-order valence-corrected chi connectivity index (χ3v) is 1.27. The summed E-state index contributed by atoms with van der Waals surface area (Å²) in [5, 5.41) is 14.3. The molecule has 0 atom stereocenters. The Morgan fingerprint density at radius 2 is 2.36 bits per heavy atom. The molecule has 5 heteroatoms. The lowest BCUT2D eigenvalue weighted by atomic mass is 10.1. The number of hydrogen-bond acceptors (Lipinski definition) is 4. The molecule has 0 rings (SSSR count). The molecular weight excluding hydrogens is 182 g/mol. The standard InChI is InChI=1S/C9H14N3O2/c1-7(2)6-8(12-14-3)11-9(13)4-5-10/h4,7H,6H2,1-3H3,(H,11,12,13). The molecule has 1 amide bonds. The molecule has 1 radical (unpaired) electrons. The highest BCUT2D eigenvalue weighted by Gasteiger charge is 2.08. The summed E-state index contributed by atoms with van der Waals surface area (Å²) < 4.78 is 0. The molecule has 0 aliphatic heterocycles. The van der Waals surface area contributed by atoms with Crippen LogP contribution in [0.3, 0.4) is 0 Å². The largest absolute Gasteiger partial charge is 0.398 e. The molecule has 0 aliphatic carbocycles. The normalized spacial score (nSPS) is 10.9. The van der Waals surface area contributed by atoms with Crippen LogP contribution in [-0.2, 0) is 9.63 Å². The number of oxime groups is 1. The molecule has 0 saturated heterocycles. The molecule has 5 nitrogen and oxygen atoms in total. The van der Waals surface area contributed by atoms with Gasteiger partial charge in [0.2, 0.25) is 5.91 Å². The third-order valence-electron chi connectivity index (χ3n) is 1.27. The fourth-order valence-corrected chi connectivity index (χ4v) is 0.845. The minimum absolute atomic E-state index is 0.353. The molecule has 0 unspecified atom stereocenters. The second kappa shape index (κ2) is 6.89. The Labute approximate surface area is 83.7 Å². The van der Waals surface area contributed by atoms with Gasteiger partial charge in [0.25, 0.3) is 0 Å². The van der Waals surface area contributed by atoms with E-state index in [1.54, 1.807) is 6.07 Å². The lowest BCUT2D eigenvalue weighted by molar-refractivity contribution is -0.116. The van der Waals surface area contributed by atoms with Gasteiger partial charge in [0.15, 0.2) is 0 Å². The number of nitrogens with one attached hydrogen (secondary N) is 1. The number of carbonyl (C=O) groups excluding carboxylic acids is 1. The predicted octanol–water partition coefficient (Wildman–Crippen LogP) is 0.836. The van der Waals surface area contributed by atoms with Crippen LogP contribution in [0.4, 0.5) is 0 Å². The second-order valence-corrected chi connectivity index (χ2v) is 3.08. The number of nitriles is 1. The van der Waals surface area contributed by atoms with Crippen molar-refractivity contribution in [2.24, 2.45) is 11.1 Å². The summed E-state index contributed by atoms with van der Waals surface area (Å²) in [6, 6.07) is 1.64. The molecule has 14 heavy (non-hydrogen) atoms. The highest BCUT2D eigenvalue weighted by atomic mass is 16.6. The van der Waals surface area contributed by atoms with Crippen LogP contribution in [0.5, 0.6) is 0 Å². The minimum atomic E-state index is -0.482. The first-order valence-electron chi connectivity index (χ1n) is 4.24. The van der Waals surface area contributed by atoms with Gasteiger partial charge in [-0.15, -0.1) is 0 Å². The highest BCUT2D eigenvalue weighted by Crippen LogP contribution is 2.00. The number of carbonyl (C=O) groups is 1. The van der Waals surface area contributed by atoms with Gasteiger partial charge in [-0.1, -0.05) is 19.0 Å². The predicted molar refractivity (Wildman–Crippen MR) is 52.0 cm³/mol. The van der Waals surface area contributed by atoms with E-state index in [1.807, 2.05) is 13.8 Å². The van der Waals surface area contributed by atoms with Gasteiger partial charge < -0.3 is 10.2 Å². The maximum atomic E-state index is 11.0. The Morgan fingerprint density at radius 1 is 1.71 bits per heavy atom. The first-order chi connectivity index (χ1) is 6.60. The Hall–Kier alpha value is -1.57. The molecule has 0 bridgehead atoms. The maximum Gasteiger partial charge on any atom is 0.244 e. The second-order valence-electron chi connectivity index (χ2n) is 3.08. The van der Waals surface area contributed by atoms with Crippen LogP contribution >= 0.6 is 0 Å². The van der Waals surface area contributed by atoms with Crippen LogP contribution in [0.1, 0.15) is 20.3 Å². The van der Waals surface area contributed by atoms with Crippen LogP contribution < -0.4 is 5.32 Å². The average molecular weight is 196 g/mol. The van der Waals surface area contributed by atoms with Gasteiger partial charge in [-0.2, -0.15) is 5.26 Å².